The van der Waals surface area contributed by atoms with Crippen LogP contribution >= 0.6 is 0 Å². The van der Waals surface area contributed by atoms with E-state index in [0.29, 0.717) is 0 Å². The summed E-state index contributed by atoms with van der Waals surface area (Å²) in [6, 6.07) is 3.58. The number of aromatic nitrogens is 6. The zero-order valence-electron chi connectivity index (χ0n) is 23.4. The predicted molar refractivity (Wildman–Crippen MR) is 147 cm³/mol. The van der Waals surface area contributed by atoms with Crippen molar-refractivity contribution in [3.63, 3.8) is 0 Å². The third kappa shape index (κ3) is 20.0. The van der Waals surface area contributed by atoms with Crippen LogP contribution in [0.4, 0.5) is 0 Å². The fourth-order valence-corrected chi connectivity index (χ4v) is 1.88. The number of hydrogen-bond donors (Lipinski definition) is 0. The molecular weight excluding hydrogens is 452 g/mol. The lowest BCUT2D eigenvalue weighted by Crippen LogP contribution is -1.86. The molecule has 0 unspecified atom stereocenters. The van der Waals surface area contributed by atoms with E-state index < -0.39 is 0 Å². The van der Waals surface area contributed by atoms with Crippen molar-refractivity contribution in [3.8, 4) is 5.75 Å². The highest BCUT2D eigenvalue weighted by atomic mass is 16.5. The standard InChI is InChI=1S/C6H6N2O.C6H4N2O.C4H4N2.3C4H10/c2*1-2-9-6-3-7-4-8-5(1)6;1-2-5-4-6-3-1;3*1-4(2)3/h3-4H,1-2H2;1-4H;1-4H;3*4H,1-3H3. The molecule has 0 saturated carbocycles. The number of nitrogens with zero attached hydrogens (tertiary/aromatic N) is 6. The molecule has 0 fully saturated rings. The van der Waals surface area contributed by atoms with Crippen molar-refractivity contribution < 1.29 is 9.15 Å². The molecule has 36 heavy (non-hydrogen) atoms. The van der Waals surface area contributed by atoms with Crippen LogP contribution in [-0.2, 0) is 6.42 Å². The molecule has 8 nitrogen and oxygen atoms in total. The summed E-state index contributed by atoms with van der Waals surface area (Å²) in [6.45, 7) is 20.3. The molecule has 5 rings (SSSR count). The van der Waals surface area contributed by atoms with Crippen molar-refractivity contribution in [2.75, 3.05) is 6.61 Å². The summed E-state index contributed by atoms with van der Waals surface area (Å²) in [6.07, 6.45) is 13.8. The zero-order valence-corrected chi connectivity index (χ0v) is 23.4. The molecule has 198 valence electrons. The van der Waals surface area contributed by atoms with Crippen LogP contribution in [0, 0.1) is 17.8 Å². The van der Waals surface area contributed by atoms with Gasteiger partial charge in [-0.15, -0.1) is 0 Å². The molecule has 5 heterocycles. The van der Waals surface area contributed by atoms with Crippen molar-refractivity contribution in [3.05, 3.63) is 67.9 Å². The van der Waals surface area contributed by atoms with Crippen LogP contribution in [0.2, 0.25) is 0 Å². The smallest absolute Gasteiger partial charge is 0.170 e. The van der Waals surface area contributed by atoms with Gasteiger partial charge in [0.15, 0.2) is 11.3 Å². The second kappa shape index (κ2) is 20.9. The molecule has 1 aliphatic rings. The van der Waals surface area contributed by atoms with Gasteiger partial charge in [-0.05, 0) is 23.8 Å². The Morgan fingerprint density at radius 3 is 1.72 bits per heavy atom. The highest BCUT2D eigenvalue weighted by Gasteiger charge is 2.11. The minimum absolute atomic E-state index is 0.734. The molecule has 0 saturated heterocycles. The molecular formula is C28H44N6O2. The van der Waals surface area contributed by atoms with E-state index in [-0.39, 0.29) is 0 Å². The van der Waals surface area contributed by atoms with Crippen LogP contribution in [0.25, 0.3) is 11.1 Å². The molecule has 0 atom stereocenters. The lowest BCUT2D eigenvalue weighted by Gasteiger charge is -1.92. The van der Waals surface area contributed by atoms with Crippen molar-refractivity contribution in [2.45, 2.75) is 68.7 Å². The molecule has 0 spiro atoms. The Kier molecular flexibility index (Phi) is 18.9. The topological polar surface area (TPSA) is 99.7 Å². The second-order valence-corrected chi connectivity index (χ2v) is 9.73. The third-order valence-electron chi connectivity index (χ3n) is 2.96. The van der Waals surface area contributed by atoms with Crippen LogP contribution in [-0.4, -0.2) is 36.5 Å². The van der Waals surface area contributed by atoms with Crippen LogP contribution in [0.5, 0.6) is 5.75 Å². The number of ether oxygens (including phenoxy) is 1. The Labute approximate surface area is 217 Å². The van der Waals surface area contributed by atoms with E-state index in [4.69, 9.17) is 9.15 Å². The first-order valence-electron chi connectivity index (χ1n) is 12.4. The molecule has 1 aliphatic heterocycles. The van der Waals surface area contributed by atoms with Gasteiger partial charge in [-0.1, -0.05) is 62.3 Å². The Hall–Kier alpha value is -3.42. The number of furan rings is 1. The molecule has 4 aromatic heterocycles. The third-order valence-corrected chi connectivity index (χ3v) is 2.96. The summed E-state index contributed by atoms with van der Waals surface area (Å²) in [5.74, 6) is 3.34. The average Bonchev–Trinajstić information content (AvgIpc) is 3.49. The molecule has 0 aromatic carbocycles. The SMILES string of the molecule is CC(C)C.CC(C)C.CC(C)C.c1cncnc1.c1ncc2c(n1)CCO2.c1ncc2occc2n1. The van der Waals surface area contributed by atoms with Crippen molar-refractivity contribution in [1.82, 2.24) is 29.9 Å². The van der Waals surface area contributed by atoms with E-state index in [9.17, 15) is 0 Å². The molecule has 0 bridgehead atoms. The number of rotatable bonds is 0. The number of fused-ring (bicyclic) bond motifs is 2. The van der Waals surface area contributed by atoms with E-state index in [1.165, 1.54) is 12.7 Å². The van der Waals surface area contributed by atoms with E-state index in [1.807, 2.05) is 0 Å². The Balaban J connectivity index is 0.000000428. The molecule has 8 heteroatoms. The van der Waals surface area contributed by atoms with Gasteiger partial charge in [0, 0.05) is 24.9 Å². The average molecular weight is 497 g/mol. The molecule has 0 radical (unpaired) electrons. The lowest BCUT2D eigenvalue weighted by atomic mass is 10.3. The maximum Gasteiger partial charge on any atom is 0.170 e. The Morgan fingerprint density at radius 1 is 0.694 bits per heavy atom. The van der Waals surface area contributed by atoms with Gasteiger partial charge in [0.1, 0.15) is 24.5 Å². The summed E-state index contributed by atoms with van der Waals surface area (Å²) < 4.78 is 10.2. The Morgan fingerprint density at radius 2 is 1.25 bits per heavy atom. The summed E-state index contributed by atoms with van der Waals surface area (Å²) in [5, 5.41) is 0. The van der Waals surface area contributed by atoms with E-state index in [2.05, 4.69) is 92.2 Å². The van der Waals surface area contributed by atoms with Crippen molar-refractivity contribution in [1.29, 1.82) is 0 Å². The first-order valence-corrected chi connectivity index (χ1v) is 12.4. The van der Waals surface area contributed by atoms with Gasteiger partial charge in [-0.25, -0.2) is 29.9 Å². The molecule has 0 amide bonds. The zero-order chi connectivity index (χ0) is 27.2. The van der Waals surface area contributed by atoms with E-state index in [0.717, 1.165) is 53.3 Å². The van der Waals surface area contributed by atoms with Crippen molar-refractivity contribution >= 4 is 11.1 Å². The maximum atomic E-state index is 5.17. The summed E-state index contributed by atoms with van der Waals surface area (Å²) in [4.78, 5) is 22.9. The molecule has 0 aliphatic carbocycles. The van der Waals surface area contributed by atoms with Gasteiger partial charge in [-0.3, -0.25) is 0 Å². The highest BCUT2D eigenvalue weighted by molar-refractivity contribution is 5.70. The first-order chi connectivity index (χ1) is 17.1. The Bertz CT molecular complexity index is 905. The fourth-order valence-electron chi connectivity index (χ4n) is 1.88. The van der Waals surface area contributed by atoms with Gasteiger partial charge in [0.2, 0.25) is 0 Å². The quantitative estimate of drug-likeness (QED) is 0.254. The van der Waals surface area contributed by atoms with Gasteiger partial charge >= 0.3 is 0 Å². The van der Waals surface area contributed by atoms with Crippen LogP contribution in [0.1, 0.15) is 68.0 Å². The highest BCUT2D eigenvalue weighted by Crippen LogP contribution is 2.19. The van der Waals surface area contributed by atoms with Crippen molar-refractivity contribution in [2.24, 2.45) is 17.8 Å². The monoisotopic (exact) mass is 496 g/mol. The number of hydrogen-bond acceptors (Lipinski definition) is 8. The van der Waals surface area contributed by atoms with E-state index in [1.54, 1.807) is 49.5 Å². The lowest BCUT2D eigenvalue weighted by molar-refractivity contribution is 0.355. The summed E-state index contributed by atoms with van der Waals surface area (Å²) in [5.41, 5.74) is 2.62. The maximum absolute atomic E-state index is 5.17. The van der Waals surface area contributed by atoms with Gasteiger partial charge in [0.05, 0.1) is 31.0 Å². The summed E-state index contributed by atoms with van der Waals surface area (Å²) in [7, 11) is 0. The predicted octanol–water partition coefficient (Wildman–Crippen LogP) is 7.10. The fraction of sp³-hybridized carbons (Fsp3) is 0.500. The molecule has 4 aromatic rings. The minimum Gasteiger partial charge on any atom is -0.490 e. The van der Waals surface area contributed by atoms with Crippen LogP contribution in [0.3, 0.4) is 0 Å². The summed E-state index contributed by atoms with van der Waals surface area (Å²) >= 11 is 0. The first kappa shape index (κ1) is 32.6. The van der Waals surface area contributed by atoms with Crippen LogP contribution in [0.15, 0.2) is 66.6 Å². The van der Waals surface area contributed by atoms with Gasteiger partial charge < -0.3 is 9.15 Å². The largest absolute Gasteiger partial charge is 0.490 e. The second-order valence-electron chi connectivity index (χ2n) is 9.73. The van der Waals surface area contributed by atoms with Gasteiger partial charge in [0.25, 0.3) is 0 Å². The van der Waals surface area contributed by atoms with E-state index >= 15 is 0 Å². The minimum atomic E-state index is 0.734. The van der Waals surface area contributed by atoms with Gasteiger partial charge in [-0.2, -0.15) is 0 Å². The van der Waals surface area contributed by atoms with Crippen LogP contribution < -0.4 is 4.74 Å². The normalized spacial score (nSPS) is 10.6. The molecule has 0 N–H and O–H groups in total.